The summed E-state index contributed by atoms with van der Waals surface area (Å²) in [5.41, 5.74) is -1.31. The van der Waals surface area contributed by atoms with Crippen molar-refractivity contribution in [2.45, 2.75) is 44.8 Å². The van der Waals surface area contributed by atoms with E-state index in [0.29, 0.717) is 26.0 Å². The van der Waals surface area contributed by atoms with Gasteiger partial charge in [0.15, 0.2) is 0 Å². The van der Waals surface area contributed by atoms with Gasteiger partial charge in [-0.1, -0.05) is 0 Å². The molecule has 6 nitrogen and oxygen atoms in total. The number of carbonyl (C=O) groups is 2. The van der Waals surface area contributed by atoms with Gasteiger partial charge in [0, 0.05) is 13.2 Å². The fraction of sp³-hybridized carbons (Fsp3) is 0.846. The van der Waals surface area contributed by atoms with Gasteiger partial charge in [-0.3, -0.25) is 9.69 Å². The van der Waals surface area contributed by atoms with Crippen LogP contribution in [-0.2, 0) is 14.3 Å². The Morgan fingerprint density at radius 3 is 2.58 bits per heavy atom. The molecule has 1 amide bonds. The average Bonchev–Trinajstić information content (AvgIpc) is 2.84. The molecule has 108 valence electrons. The van der Waals surface area contributed by atoms with Crippen molar-refractivity contribution in [3.8, 4) is 0 Å². The van der Waals surface area contributed by atoms with Crippen molar-refractivity contribution in [2.24, 2.45) is 5.92 Å². The van der Waals surface area contributed by atoms with Gasteiger partial charge in [-0.05, 0) is 33.6 Å². The molecule has 2 atom stereocenters. The lowest BCUT2D eigenvalue weighted by molar-refractivity contribution is -0.144. The molecule has 1 N–H and O–H groups in total. The summed E-state index contributed by atoms with van der Waals surface area (Å²) in [4.78, 5) is 25.2. The molecule has 0 aromatic rings. The normalized spacial score (nSPS) is 30.9. The zero-order chi connectivity index (χ0) is 14.3. The van der Waals surface area contributed by atoms with Gasteiger partial charge in [-0.2, -0.15) is 0 Å². The van der Waals surface area contributed by atoms with Crippen molar-refractivity contribution >= 4 is 12.1 Å². The molecule has 2 rings (SSSR count). The number of hydrogen-bond donors (Lipinski definition) is 1. The van der Waals surface area contributed by atoms with Gasteiger partial charge in [0.05, 0.1) is 18.1 Å². The molecule has 0 aromatic heterocycles. The minimum absolute atomic E-state index is 0.281. The molecule has 2 saturated heterocycles. The van der Waals surface area contributed by atoms with Crippen LogP contribution in [0.3, 0.4) is 0 Å². The van der Waals surface area contributed by atoms with E-state index in [0.717, 1.165) is 0 Å². The molecule has 19 heavy (non-hydrogen) atoms. The first-order valence-corrected chi connectivity index (χ1v) is 6.57. The number of aliphatic carboxylic acids is 1. The largest absolute Gasteiger partial charge is 0.481 e. The standard InChI is InChI=1S/C13H21NO5/c1-12(2,3)19-11(17)14-6-4-9(10(15)16)13(14)5-7-18-8-13/h9H,4-8H2,1-3H3,(H,15,16). The number of amides is 1. The molecule has 2 unspecified atom stereocenters. The first kappa shape index (κ1) is 14.1. The summed E-state index contributed by atoms with van der Waals surface area (Å²) >= 11 is 0. The van der Waals surface area contributed by atoms with Crippen molar-refractivity contribution < 1.29 is 24.2 Å². The number of ether oxygens (including phenoxy) is 2. The third kappa shape index (κ3) is 2.54. The number of carboxylic acid groups (broad SMARTS) is 1. The van der Waals surface area contributed by atoms with Gasteiger partial charge in [0.25, 0.3) is 0 Å². The number of carbonyl (C=O) groups excluding carboxylic acids is 1. The lowest BCUT2D eigenvalue weighted by Gasteiger charge is -2.37. The van der Waals surface area contributed by atoms with Crippen LogP contribution in [0.1, 0.15) is 33.6 Å². The molecule has 0 aliphatic carbocycles. The van der Waals surface area contributed by atoms with E-state index < -0.39 is 29.1 Å². The average molecular weight is 271 g/mol. The van der Waals surface area contributed by atoms with E-state index in [9.17, 15) is 14.7 Å². The molecule has 1 spiro atoms. The summed E-state index contributed by atoms with van der Waals surface area (Å²) in [5, 5.41) is 9.34. The SMILES string of the molecule is CC(C)(C)OC(=O)N1CCC(C(=O)O)C12CCOC2. The van der Waals surface area contributed by atoms with E-state index in [1.54, 1.807) is 25.7 Å². The summed E-state index contributed by atoms with van der Waals surface area (Å²) in [6.45, 7) is 6.58. The van der Waals surface area contributed by atoms with Crippen LogP contribution in [0.15, 0.2) is 0 Å². The van der Waals surface area contributed by atoms with Crippen LogP contribution < -0.4 is 0 Å². The maximum Gasteiger partial charge on any atom is 0.410 e. The molecule has 0 bridgehead atoms. The molecule has 6 heteroatoms. The van der Waals surface area contributed by atoms with E-state index in [1.807, 2.05) is 0 Å². The van der Waals surface area contributed by atoms with Gasteiger partial charge < -0.3 is 14.6 Å². The number of nitrogens with zero attached hydrogens (tertiary/aromatic N) is 1. The molecule has 2 aliphatic rings. The topological polar surface area (TPSA) is 76.1 Å². The van der Waals surface area contributed by atoms with Crippen molar-refractivity contribution in [1.29, 1.82) is 0 Å². The Bertz CT molecular complexity index is 381. The van der Waals surface area contributed by atoms with Gasteiger partial charge >= 0.3 is 12.1 Å². The lowest BCUT2D eigenvalue weighted by Crippen LogP contribution is -2.54. The maximum atomic E-state index is 12.2. The predicted octanol–water partition coefficient (Wildman–Crippen LogP) is 1.49. The predicted molar refractivity (Wildman–Crippen MR) is 66.8 cm³/mol. The van der Waals surface area contributed by atoms with Gasteiger partial charge in [0.1, 0.15) is 5.60 Å². The van der Waals surface area contributed by atoms with E-state index in [-0.39, 0.29) is 6.61 Å². The summed E-state index contributed by atoms with van der Waals surface area (Å²) in [5.74, 6) is -1.43. The Labute approximate surface area is 112 Å². The van der Waals surface area contributed by atoms with Crippen LogP contribution in [0.4, 0.5) is 4.79 Å². The second kappa shape index (κ2) is 4.67. The highest BCUT2D eigenvalue weighted by atomic mass is 16.6. The van der Waals surface area contributed by atoms with Gasteiger partial charge in [-0.25, -0.2) is 4.79 Å². The second-order valence-corrected chi connectivity index (χ2v) is 6.22. The molecule has 2 fully saturated rings. The number of hydrogen-bond acceptors (Lipinski definition) is 4. The summed E-state index contributed by atoms with van der Waals surface area (Å²) in [7, 11) is 0. The van der Waals surface area contributed by atoms with Crippen molar-refractivity contribution in [1.82, 2.24) is 4.90 Å². The van der Waals surface area contributed by atoms with Crippen molar-refractivity contribution in [3.05, 3.63) is 0 Å². The third-order valence-corrected chi connectivity index (χ3v) is 3.77. The van der Waals surface area contributed by atoms with Gasteiger partial charge in [-0.15, -0.1) is 0 Å². The molecular formula is C13H21NO5. The Morgan fingerprint density at radius 1 is 1.42 bits per heavy atom. The molecule has 0 aromatic carbocycles. The third-order valence-electron chi connectivity index (χ3n) is 3.77. The fourth-order valence-electron chi connectivity index (χ4n) is 2.94. The number of carboxylic acids is 1. The maximum absolute atomic E-state index is 12.2. The zero-order valence-corrected chi connectivity index (χ0v) is 11.6. The van der Waals surface area contributed by atoms with Crippen molar-refractivity contribution in [3.63, 3.8) is 0 Å². The zero-order valence-electron chi connectivity index (χ0n) is 11.6. The Kier molecular flexibility index (Phi) is 3.47. The van der Waals surface area contributed by atoms with Crippen molar-refractivity contribution in [2.75, 3.05) is 19.8 Å². The molecule has 0 saturated carbocycles. The van der Waals surface area contributed by atoms with Crippen LogP contribution in [0.5, 0.6) is 0 Å². The number of likely N-dealkylation sites (tertiary alicyclic amines) is 1. The Morgan fingerprint density at radius 2 is 2.11 bits per heavy atom. The van der Waals surface area contributed by atoms with Crippen LogP contribution in [0.25, 0.3) is 0 Å². The highest BCUT2D eigenvalue weighted by Crippen LogP contribution is 2.42. The summed E-state index contributed by atoms with van der Waals surface area (Å²) in [6.07, 6.45) is 0.572. The minimum Gasteiger partial charge on any atom is -0.481 e. The lowest BCUT2D eigenvalue weighted by atomic mass is 9.84. The Hall–Kier alpha value is -1.30. The second-order valence-electron chi connectivity index (χ2n) is 6.22. The smallest absolute Gasteiger partial charge is 0.410 e. The first-order valence-electron chi connectivity index (χ1n) is 6.57. The van der Waals surface area contributed by atoms with E-state index >= 15 is 0 Å². The van der Waals surface area contributed by atoms with E-state index in [1.165, 1.54) is 0 Å². The molecular weight excluding hydrogens is 250 g/mol. The monoisotopic (exact) mass is 271 g/mol. The van der Waals surface area contributed by atoms with E-state index in [2.05, 4.69) is 0 Å². The first-order chi connectivity index (χ1) is 8.76. The number of rotatable bonds is 1. The quantitative estimate of drug-likeness (QED) is 0.782. The fourth-order valence-corrected chi connectivity index (χ4v) is 2.94. The molecule has 2 heterocycles. The van der Waals surface area contributed by atoms with E-state index in [4.69, 9.17) is 9.47 Å². The molecule has 0 radical (unpaired) electrons. The highest BCUT2D eigenvalue weighted by molar-refractivity contribution is 5.77. The minimum atomic E-state index is -0.864. The molecule has 2 aliphatic heterocycles. The van der Waals surface area contributed by atoms with Crippen LogP contribution in [-0.4, -0.2) is 53.0 Å². The van der Waals surface area contributed by atoms with Crippen LogP contribution in [0, 0.1) is 5.92 Å². The van der Waals surface area contributed by atoms with Gasteiger partial charge in [0.2, 0.25) is 0 Å². The van der Waals surface area contributed by atoms with Crippen LogP contribution >= 0.6 is 0 Å². The van der Waals surface area contributed by atoms with Crippen LogP contribution in [0.2, 0.25) is 0 Å². The summed E-state index contributed by atoms with van der Waals surface area (Å²) in [6, 6.07) is 0. The summed E-state index contributed by atoms with van der Waals surface area (Å²) < 4.78 is 10.7. The highest BCUT2D eigenvalue weighted by Gasteiger charge is 2.57. The Balaban J connectivity index is 2.21.